The molecule has 1 unspecified atom stereocenters. The van der Waals surface area contributed by atoms with Crippen LogP contribution in [0.15, 0.2) is 35.1 Å². The molecule has 0 saturated heterocycles. The highest BCUT2D eigenvalue weighted by Gasteiger charge is 2.12. The third-order valence-electron chi connectivity index (χ3n) is 3.15. The lowest BCUT2D eigenvalue weighted by atomic mass is 10.1. The quantitative estimate of drug-likeness (QED) is 0.913. The summed E-state index contributed by atoms with van der Waals surface area (Å²) < 4.78 is 1.11. The molecule has 0 aliphatic rings. The molecule has 1 heterocycles. The lowest BCUT2D eigenvalue weighted by Gasteiger charge is -2.18. The molecule has 3 nitrogen and oxygen atoms in total. The number of hydrogen-bond acceptors (Lipinski definition) is 3. The fourth-order valence-corrected chi connectivity index (χ4v) is 2.55. The highest BCUT2D eigenvalue weighted by atomic mass is 79.9. The number of nitrogens with zero attached hydrogens (tertiary/aromatic N) is 2. The van der Waals surface area contributed by atoms with E-state index in [9.17, 15) is 0 Å². The number of nitrogens with one attached hydrogen (secondary N) is 1. The van der Waals surface area contributed by atoms with Crippen molar-refractivity contribution in [1.29, 1.82) is 0 Å². The van der Waals surface area contributed by atoms with E-state index < -0.39 is 0 Å². The molecule has 1 N–H and O–H groups in total. The van der Waals surface area contributed by atoms with Gasteiger partial charge in [0.1, 0.15) is 0 Å². The summed E-state index contributed by atoms with van der Waals surface area (Å²) in [5.41, 5.74) is 4.41. The summed E-state index contributed by atoms with van der Waals surface area (Å²) in [5.74, 6) is 0. The maximum Gasteiger partial charge on any atom is 0.0835 e. The second kappa shape index (κ2) is 6.15. The molecule has 1 aromatic carbocycles. The van der Waals surface area contributed by atoms with Crippen LogP contribution in [-0.4, -0.2) is 9.97 Å². The van der Waals surface area contributed by atoms with Gasteiger partial charge in [0, 0.05) is 22.6 Å². The zero-order chi connectivity index (χ0) is 13.8. The Bertz CT molecular complexity index is 569. The van der Waals surface area contributed by atoms with Crippen molar-refractivity contribution in [3.8, 4) is 0 Å². The molecule has 4 heteroatoms. The molecule has 1 aromatic heterocycles. The molecule has 19 heavy (non-hydrogen) atoms. The summed E-state index contributed by atoms with van der Waals surface area (Å²) in [7, 11) is 0. The Balaban J connectivity index is 2.24. The van der Waals surface area contributed by atoms with E-state index in [1.165, 1.54) is 5.56 Å². The third-order valence-corrected chi connectivity index (χ3v) is 3.64. The van der Waals surface area contributed by atoms with Crippen molar-refractivity contribution in [3.63, 3.8) is 0 Å². The number of anilines is 1. The first kappa shape index (κ1) is 14.0. The van der Waals surface area contributed by atoms with Crippen molar-refractivity contribution >= 4 is 21.6 Å². The maximum absolute atomic E-state index is 4.41. The fourth-order valence-electron chi connectivity index (χ4n) is 2.14. The first-order valence-electron chi connectivity index (χ1n) is 6.44. The van der Waals surface area contributed by atoms with Crippen molar-refractivity contribution < 1.29 is 0 Å². The van der Waals surface area contributed by atoms with Gasteiger partial charge in [-0.25, -0.2) is 0 Å². The van der Waals surface area contributed by atoms with Crippen molar-refractivity contribution in [3.05, 3.63) is 52.0 Å². The molecular weight excluding hydrogens is 302 g/mol. The maximum atomic E-state index is 4.41. The van der Waals surface area contributed by atoms with Crippen LogP contribution in [0, 0.1) is 6.92 Å². The van der Waals surface area contributed by atoms with E-state index in [2.05, 4.69) is 63.3 Å². The SMILES string of the molecule is CCc1cc(Br)ccc1NC(C)c1nccnc1C. The van der Waals surface area contributed by atoms with E-state index in [1.807, 2.05) is 6.92 Å². The average molecular weight is 320 g/mol. The summed E-state index contributed by atoms with van der Waals surface area (Å²) in [6.45, 7) is 6.26. The lowest BCUT2D eigenvalue weighted by Crippen LogP contribution is -2.12. The van der Waals surface area contributed by atoms with Gasteiger partial charge in [-0.05, 0) is 44.0 Å². The minimum Gasteiger partial charge on any atom is -0.377 e. The monoisotopic (exact) mass is 319 g/mol. The molecule has 0 saturated carbocycles. The number of aryl methyl sites for hydroxylation is 2. The van der Waals surface area contributed by atoms with E-state index >= 15 is 0 Å². The summed E-state index contributed by atoms with van der Waals surface area (Å²) in [4.78, 5) is 8.70. The molecule has 0 amide bonds. The Morgan fingerprint density at radius 3 is 2.68 bits per heavy atom. The number of halogens is 1. The molecule has 0 bridgehead atoms. The van der Waals surface area contributed by atoms with Gasteiger partial charge in [0.05, 0.1) is 17.4 Å². The summed E-state index contributed by atoms with van der Waals surface area (Å²) in [6, 6.07) is 6.45. The first-order chi connectivity index (χ1) is 9.11. The normalized spacial score (nSPS) is 12.2. The van der Waals surface area contributed by atoms with Crippen LogP contribution in [0.25, 0.3) is 0 Å². The zero-order valence-electron chi connectivity index (χ0n) is 11.4. The lowest BCUT2D eigenvalue weighted by molar-refractivity contribution is 0.807. The van der Waals surface area contributed by atoms with E-state index in [1.54, 1.807) is 12.4 Å². The summed E-state index contributed by atoms with van der Waals surface area (Å²) >= 11 is 3.51. The molecule has 100 valence electrons. The Kier molecular flexibility index (Phi) is 4.53. The molecule has 1 atom stereocenters. The Morgan fingerprint density at radius 1 is 1.26 bits per heavy atom. The fraction of sp³-hybridized carbons (Fsp3) is 0.333. The zero-order valence-corrected chi connectivity index (χ0v) is 13.0. The minimum atomic E-state index is 0.139. The third kappa shape index (κ3) is 3.32. The molecule has 0 fully saturated rings. The van der Waals surface area contributed by atoms with Crippen molar-refractivity contribution in [1.82, 2.24) is 9.97 Å². The van der Waals surface area contributed by atoms with Gasteiger partial charge in [-0.1, -0.05) is 22.9 Å². The van der Waals surface area contributed by atoms with Crippen molar-refractivity contribution in [2.45, 2.75) is 33.2 Å². The van der Waals surface area contributed by atoms with Gasteiger partial charge in [-0.3, -0.25) is 9.97 Å². The van der Waals surface area contributed by atoms with E-state index in [-0.39, 0.29) is 6.04 Å². The van der Waals surface area contributed by atoms with Crippen LogP contribution in [-0.2, 0) is 6.42 Å². The van der Waals surface area contributed by atoms with Gasteiger partial charge in [-0.15, -0.1) is 0 Å². The van der Waals surface area contributed by atoms with Gasteiger partial charge in [-0.2, -0.15) is 0 Å². The second-order valence-corrected chi connectivity index (χ2v) is 5.46. The Labute approximate surface area is 122 Å². The molecular formula is C15H18BrN3. The highest BCUT2D eigenvalue weighted by molar-refractivity contribution is 9.10. The van der Waals surface area contributed by atoms with Gasteiger partial charge >= 0.3 is 0 Å². The van der Waals surface area contributed by atoms with Gasteiger partial charge in [0.2, 0.25) is 0 Å². The van der Waals surface area contributed by atoms with Gasteiger partial charge in [0.25, 0.3) is 0 Å². The first-order valence-corrected chi connectivity index (χ1v) is 7.23. The molecule has 2 aromatic rings. The molecule has 0 radical (unpaired) electrons. The van der Waals surface area contributed by atoms with E-state index in [0.717, 1.165) is 28.0 Å². The van der Waals surface area contributed by atoms with Crippen LogP contribution in [0.3, 0.4) is 0 Å². The molecule has 0 spiro atoms. The Hall–Kier alpha value is -1.42. The van der Waals surface area contributed by atoms with Crippen LogP contribution in [0.1, 0.15) is 36.8 Å². The predicted molar refractivity (Wildman–Crippen MR) is 82.3 cm³/mol. The van der Waals surface area contributed by atoms with E-state index in [4.69, 9.17) is 0 Å². The van der Waals surface area contributed by atoms with Crippen molar-refractivity contribution in [2.24, 2.45) is 0 Å². The molecule has 2 rings (SSSR count). The van der Waals surface area contributed by atoms with Crippen LogP contribution in [0.2, 0.25) is 0 Å². The number of aromatic nitrogens is 2. The summed E-state index contributed by atoms with van der Waals surface area (Å²) in [6.07, 6.45) is 4.46. The number of hydrogen-bond donors (Lipinski definition) is 1. The van der Waals surface area contributed by atoms with Crippen LogP contribution in [0.4, 0.5) is 5.69 Å². The Morgan fingerprint density at radius 2 is 2.00 bits per heavy atom. The summed E-state index contributed by atoms with van der Waals surface area (Å²) in [5, 5.41) is 3.52. The van der Waals surface area contributed by atoms with Gasteiger partial charge in [0.15, 0.2) is 0 Å². The highest BCUT2D eigenvalue weighted by Crippen LogP contribution is 2.25. The van der Waals surface area contributed by atoms with Crippen LogP contribution >= 0.6 is 15.9 Å². The topological polar surface area (TPSA) is 37.8 Å². The van der Waals surface area contributed by atoms with Crippen LogP contribution < -0.4 is 5.32 Å². The van der Waals surface area contributed by atoms with Gasteiger partial charge < -0.3 is 5.32 Å². The molecule has 0 aliphatic carbocycles. The minimum absolute atomic E-state index is 0.139. The average Bonchev–Trinajstić information content (AvgIpc) is 2.41. The molecule has 0 aliphatic heterocycles. The number of rotatable bonds is 4. The van der Waals surface area contributed by atoms with Crippen LogP contribution in [0.5, 0.6) is 0 Å². The van der Waals surface area contributed by atoms with E-state index in [0.29, 0.717) is 0 Å². The number of benzene rings is 1. The van der Waals surface area contributed by atoms with Crippen molar-refractivity contribution in [2.75, 3.05) is 5.32 Å². The second-order valence-electron chi connectivity index (χ2n) is 4.55. The smallest absolute Gasteiger partial charge is 0.0835 e. The predicted octanol–water partition coefficient (Wildman–Crippen LogP) is 4.28. The largest absolute Gasteiger partial charge is 0.377 e. The standard InChI is InChI=1S/C15H18BrN3/c1-4-12-9-13(16)5-6-14(12)19-11(3)15-10(2)17-7-8-18-15/h5-9,11,19H,4H2,1-3H3.